The maximum absolute atomic E-state index is 13.2. The van der Waals surface area contributed by atoms with Gasteiger partial charge in [-0.1, -0.05) is 0 Å². The molecular weight excluding hydrogens is 208 g/mol. The summed E-state index contributed by atoms with van der Waals surface area (Å²) in [6, 6.07) is 1.28. The Balaban J connectivity index is 3.27. The van der Waals surface area contributed by atoms with Gasteiger partial charge in [0.1, 0.15) is 11.6 Å². The Labute approximate surface area is 83.9 Å². The number of carboxylic acids is 1. The second-order valence-corrected chi connectivity index (χ2v) is 2.91. The number of halogens is 2. The van der Waals surface area contributed by atoms with E-state index in [2.05, 4.69) is 0 Å². The molecule has 0 saturated carbocycles. The minimum atomic E-state index is -1.48. The number of aliphatic hydroxyl groups is 1. The molecule has 1 aromatic carbocycles. The van der Waals surface area contributed by atoms with Crippen molar-refractivity contribution in [1.82, 2.24) is 0 Å². The quantitative estimate of drug-likeness (QED) is 0.694. The Kier molecular flexibility index (Phi) is 3.33. The minimum Gasteiger partial charge on any atom is -0.478 e. The lowest BCUT2D eigenvalue weighted by molar-refractivity contribution is 0.0695. The van der Waals surface area contributed by atoms with Crippen molar-refractivity contribution >= 4 is 5.97 Å². The van der Waals surface area contributed by atoms with Crippen molar-refractivity contribution in [2.75, 3.05) is 6.54 Å². The fourth-order valence-corrected chi connectivity index (χ4v) is 1.14. The molecule has 4 N–H and O–H groups in total. The van der Waals surface area contributed by atoms with Gasteiger partial charge in [0.15, 0.2) is 0 Å². The van der Waals surface area contributed by atoms with Crippen LogP contribution < -0.4 is 5.73 Å². The van der Waals surface area contributed by atoms with Gasteiger partial charge in [-0.05, 0) is 12.1 Å². The number of nitrogens with two attached hydrogens (primary N) is 1. The van der Waals surface area contributed by atoms with E-state index in [-0.39, 0.29) is 6.54 Å². The molecule has 15 heavy (non-hydrogen) atoms. The zero-order valence-corrected chi connectivity index (χ0v) is 7.58. The molecule has 1 aromatic rings. The van der Waals surface area contributed by atoms with Crippen molar-refractivity contribution < 1.29 is 23.8 Å². The van der Waals surface area contributed by atoms with Crippen LogP contribution in [-0.4, -0.2) is 22.7 Å². The molecule has 82 valence electrons. The number of carbonyl (C=O) groups is 1. The maximum atomic E-state index is 13.2. The lowest BCUT2D eigenvalue weighted by atomic mass is 10.1. The van der Waals surface area contributed by atoms with Gasteiger partial charge in [-0.2, -0.15) is 0 Å². The van der Waals surface area contributed by atoms with Crippen molar-refractivity contribution in [3.05, 3.63) is 34.9 Å². The van der Waals surface area contributed by atoms with Crippen LogP contribution in [0.25, 0.3) is 0 Å². The molecule has 0 saturated heterocycles. The molecule has 1 rings (SSSR count). The molecule has 0 radical (unpaired) electrons. The second kappa shape index (κ2) is 4.33. The highest BCUT2D eigenvalue weighted by atomic mass is 19.1. The number of benzene rings is 1. The van der Waals surface area contributed by atoms with Gasteiger partial charge in [0.05, 0.1) is 17.2 Å². The monoisotopic (exact) mass is 217 g/mol. The van der Waals surface area contributed by atoms with Crippen molar-refractivity contribution in [2.24, 2.45) is 5.73 Å². The van der Waals surface area contributed by atoms with Crippen LogP contribution in [0.1, 0.15) is 22.0 Å². The highest BCUT2D eigenvalue weighted by Crippen LogP contribution is 2.21. The van der Waals surface area contributed by atoms with Crippen molar-refractivity contribution in [3.8, 4) is 0 Å². The molecule has 1 atom stereocenters. The molecular formula is C9H9F2NO3. The molecule has 0 bridgehead atoms. The van der Waals surface area contributed by atoms with Gasteiger partial charge in [0.25, 0.3) is 0 Å². The third-order valence-corrected chi connectivity index (χ3v) is 1.88. The Bertz CT molecular complexity index is 372. The average molecular weight is 217 g/mol. The Morgan fingerprint density at radius 3 is 2.20 bits per heavy atom. The predicted octanol–water partition coefficient (Wildman–Crippen LogP) is 0.655. The van der Waals surface area contributed by atoms with Gasteiger partial charge in [0, 0.05) is 6.54 Å². The number of hydrogen-bond acceptors (Lipinski definition) is 3. The van der Waals surface area contributed by atoms with E-state index in [1.165, 1.54) is 0 Å². The van der Waals surface area contributed by atoms with Crippen LogP contribution in [0.2, 0.25) is 0 Å². The van der Waals surface area contributed by atoms with Crippen LogP contribution in [-0.2, 0) is 0 Å². The summed E-state index contributed by atoms with van der Waals surface area (Å²) in [5.41, 5.74) is 3.92. The third-order valence-electron chi connectivity index (χ3n) is 1.88. The number of aromatic carboxylic acids is 1. The van der Waals surface area contributed by atoms with Gasteiger partial charge in [-0.15, -0.1) is 0 Å². The normalized spacial score (nSPS) is 12.5. The zero-order valence-electron chi connectivity index (χ0n) is 7.58. The van der Waals surface area contributed by atoms with Crippen LogP contribution in [0, 0.1) is 11.6 Å². The van der Waals surface area contributed by atoms with E-state index in [1.54, 1.807) is 0 Å². The molecule has 4 nitrogen and oxygen atoms in total. The molecule has 0 aromatic heterocycles. The molecule has 0 aliphatic carbocycles. The molecule has 6 heteroatoms. The standard InChI is InChI=1S/C9H9F2NO3/c10-5-1-4(9(14)15)2-6(11)8(5)7(13)3-12/h1-2,7,13H,3,12H2,(H,14,15). The fourth-order valence-electron chi connectivity index (χ4n) is 1.14. The van der Waals surface area contributed by atoms with E-state index in [9.17, 15) is 13.6 Å². The lowest BCUT2D eigenvalue weighted by Gasteiger charge is -2.10. The molecule has 1 unspecified atom stereocenters. The predicted molar refractivity (Wildman–Crippen MR) is 47.3 cm³/mol. The van der Waals surface area contributed by atoms with Gasteiger partial charge in [-0.3, -0.25) is 0 Å². The minimum absolute atomic E-state index is 0.347. The van der Waals surface area contributed by atoms with Gasteiger partial charge in [-0.25, -0.2) is 13.6 Å². The highest BCUT2D eigenvalue weighted by Gasteiger charge is 2.19. The lowest BCUT2D eigenvalue weighted by Crippen LogP contribution is -2.15. The maximum Gasteiger partial charge on any atom is 0.335 e. The summed E-state index contributed by atoms with van der Waals surface area (Å²) in [7, 11) is 0. The first-order valence-electron chi connectivity index (χ1n) is 4.07. The van der Waals surface area contributed by atoms with E-state index in [4.69, 9.17) is 15.9 Å². The summed E-state index contributed by atoms with van der Waals surface area (Å²) in [5.74, 6) is -3.68. The summed E-state index contributed by atoms with van der Waals surface area (Å²) in [5, 5.41) is 17.7. The largest absolute Gasteiger partial charge is 0.478 e. The Hall–Kier alpha value is -1.53. The molecule has 0 spiro atoms. The topological polar surface area (TPSA) is 83.5 Å². The number of carboxylic acid groups (broad SMARTS) is 1. The second-order valence-electron chi connectivity index (χ2n) is 2.91. The van der Waals surface area contributed by atoms with Crippen LogP contribution >= 0.6 is 0 Å². The molecule has 0 fully saturated rings. The highest BCUT2D eigenvalue weighted by molar-refractivity contribution is 5.87. The van der Waals surface area contributed by atoms with Gasteiger partial charge < -0.3 is 15.9 Å². The van der Waals surface area contributed by atoms with Crippen molar-refractivity contribution in [1.29, 1.82) is 0 Å². The number of hydrogen-bond donors (Lipinski definition) is 3. The van der Waals surface area contributed by atoms with E-state index in [1.807, 2.05) is 0 Å². The first kappa shape index (κ1) is 11.5. The van der Waals surface area contributed by atoms with Gasteiger partial charge >= 0.3 is 5.97 Å². The van der Waals surface area contributed by atoms with E-state index < -0.39 is 34.8 Å². The van der Waals surface area contributed by atoms with Crippen LogP contribution in [0.3, 0.4) is 0 Å². The first-order valence-corrected chi connectivity index (χ1v) is 4.07. The van der Waals surface area contributed by atoms with E-state index >= 15 is 0 Å². The zero-order chi connectivity index (χ0) is 11.6. The summed E-state index contributed by atoms with van der Waals surface area (Å²) in [6.45, 7) is -0.347. The average Bonchev–Trinajstić information content (AvgIpc) is 2.16. The Morgan fingerprint density at radius 1 is 1.40 bits per heavy atom. The van der Waals surface area contributed by atoms with Gasteiger partial charge in [0.2, 0.25) is 0 Å². The molecule has 0 aliphatic heterocycles. The third kappa shape index (κ3) is 2.28. The fraction of sp³-hybridized carbons (Fsp3) is 0.222. The van der Waals surface area contributed by atoms with Crippen LogP contribution in [0.5, 0.6) is 0 Å². The Morgan fingerprint density at radius 2 is 1.87 bits per heavy atom. The molecule has 0 aliphatic rings. The number of rotatable bonds is 3. The molecule has 0 heterocycles. The number of aliphatic hydroxyl groups excluding tert-OH is 1. The van der Waals surface area contributed by atoms with Crippen LogP contribution in [0.15, 0.2) is 12.1 Å². The summed E-state index contributed by atoms with van der Waals surface area (Å²) in [6.07, 6.45) is -1.48. The SMILES string of the molecule is NCC(O)c1c(F)cc(C(=O)O)cc1F. The first-order chi connectivity index (χ1) is 6.97. The van der Waals surface area contributed by atoms with Crippen molar-refractivity contribution in [2.45, 2.75) is 6.10 Å². The molecule has 0 amide bonds. The summed E-state index contributed by atoms with van der Waals surface area (Å²) in [4.78, 5) is 10.4. The summed E-state index contributed by atoms with van der Waals surface area (Å²) < 4.78 is 26.4. The summed E-state index contributed by atoms with van der Waals surface area (Å²) >= 11 is 0. The van der Waals surface area contributed by atoms with E-state index in [0.717, 1.165) is 0 Å². The smallest absolute Gasteiger partial charge is 0.335 e. The van der Waals surface area contributed by atoms with Crippen LogP contribution in [0.4, 0.5) is 8.78 Å². The van der Waals surface area contributed by atoms with Crippen molar-refractivity contribution in [3.63, 3.8) is 0 Å². The van der Waals surface area contributed by atoms with E-state index in [0.29, 0.717) is 12.1 Å².